The highest BCUT2D eigenvalue weighted by Crippen LogP contribution is 2.33. The normalized spacial score (nSPS) is 13.6. The van der Waals surface area contributed by atoms with E-state index in [4.69, 9.17) is 9.52 Å². The minimum Gasteiger partial charge on any atom is -0.475 e. The van der Waals surface area contributed by atoms with Gasteiger partial charge in [-0.1, -0.05) is 0 Å². The number of carboxylic acids is 1. The molecule has 2 N–H and O–H groups in total. The van der Waals surface area contributed by atoms with Gasteiger partial charge in [0.1, 0.15) is 10.6 Å². The zero-order chi connectivity index (χ0) is 16.1. The SMILES string of the molecule is O=C(O)c1ccc(Cn2c(=O)[nH]c3sc4c(c3c2=O)CCC4)o1. The first kappa shape index (κ1) is 14.0. The van der Waals surface area contributed by atoms with Crippen molar-refractivity contribution < 1.29 is 14.3 Å². The Kier molecular flexibility index (Phi) is 3.02. The molecule has 0 bridgehead atoms. The first-order valence-corrected chi connectivity index (χ1v) is 7.95. The molecule has 0 aromatic carbocycles. The number of thiophene rings is 1. The van der Waals surface area contributed by atoms with E-state index < -0.39 is 11.7 Å². The molecule has 0 saturated carbocycles. The van der Waals surface area contributed by atoms with Crippen LogP contribution in [0.15, 0.2) is 26.1 Å². The second-order valence-corrected chi connectivity index (χ2v) is 6.56. The van der Waals surface area contributed by atoms with Gasteiger partial charge in [0.15, 0.2) is 0 Å². The molecule has 3 aromatic rings. The molecule has 118 valence electrons. The third kappa shape index (κ3) is 2.14. The number of aromatic amines is 1. The summed E-state index contributed by atoms with van der Waals surface area (Å²) in [7, 11) is 0. The number of carboxylic acid groups (broad SMARTS) is 1. The van der Waals surface area contributed by atoms with Crippen molar-refractivity contribution in [1.29, 1.82) is 0 Å². The van der Waals surface area contributed by atoms with Crippen LogP contribution in [-0.4, -0.2) is 20.6 Å². The van der Waals surface area contributed by atoms with Gasteiger partial charge in [0.2, 0.25) is 5.76 Å². The monoisotopic (exact) mass is 332 g/mol. The highest BCUT2D eigenvalue weighted by atomic mass is 32.1. The average Bonchev–Trinajstić information content (AvgIpc) is 3.17. The molecule has 1 aliphatic carbocycles. The van der Waals surface area contributed by atoms with Crippen molar-refractivity contribution in [3.8, 4) is 0 Å². The minimum atomic E-state index is -1.19. The van der Waals surface area contributed by atoms with Gasteiger partial charge in [-0.05, 0) is 37.0 Å². The number of rotatable bonds is 3. The number of fused-ring (bicyclic) bond motifs is 3. The fraction of sp³-hybridized carbons (Fsp3) is 0.267. The van der Waals surface area contributed by atoms with Gasteiger partial charge < -0.3 is 9.52 Å². The standard InChI is InChI=1S/C15H12N2O5S/c18-13-11-8-2-1-3-10(8)23-12(11)16-15(21)17(13)6-7-4-5-9(22-7)14(19)20/h4-5H,1-3,6H2,(H,16,21)(H,19,20). The molecule has 0 fully saturated rings. The van der Waals surface area contributed by atoms with Crippen molar-refractivity contribution in [2.45, 2.75) is 25.8 Å². The Bertz CT molecular complexity index is 1050. The number of H-pyrrole nitrogens is 1. The van der Waals surface area contributed by atoms with Crippen LogP contribution in [0.1, 0.15) is 33.2 Å². The predicted molar refractivity (Wildman–Crippen MR) is 83.5 cm³/mol. The van der Waals surface area contributed by atoms with E-state index in [1.165, 1.54) is 23.5 Å². The zero-order valence-electron chi connectivity index (χ0n) is 11.9. The molecule has 0 spiro atoms. The molecule has 0 atom stereocenters. The van der Waals surface area contributed by atoms with Gasteiger partial charge in [0.05, 0.1) is 11.9 Å². The number of hydrogen-bond donors (Lipinski definition) is 2. The number of furan rings is 1. The Hall–Kier alpha value is -2.61. The third-order valence-electron chi connectivity index (χ3n) is 4.03. The molecule has 7 nitrogen and oxygen atoms in total. The zero-order valence-corrected chi connectivity index (χ0v) is 12.7. The molecule has 8 heteroatoms. The van der Waals surface area contributed by atoms with Gasteiger partial charge in [0.25, 0.3) is 5.56 Å². The fourth-order valence-electron chi connectivity index (χ4n) is 2.99. The van der Waals surface area contributed by atoms with Gasteiger partial charge >= 0.3 is 11.7 Å². The number of hydrogen-bond acceptors (Lipinski definition) is 5. The maximum absolute atomic E-state index is 12.7. The molecule has 3 aromatic heterocycles. The largest absolute Gasteiger partial charge is 0.475 e. The van der Waals surface area contributed by atoms with E-state index in [0.717, 1.165) is 34.3 Å². The lowest BCUT2D eigenvalue weighted by atomic mass is 10.2. The summed E-state index contributed by atoms with van der Waals surface area (Å²) in [5, 5.41) is 9.44. The Balaban J connectivity index is 1.84. The molecule has 23 heavy (non-hydrogen) atoms. The first-order chi connectivity index (χ1) is 11.0. The van der Waals surface area contributed by atoms with Crippen LogP contribution in [0, 0.1) is 0 Å². The van der Waals surface area contributed by atoms with Gasteiger partial charge in [-0.25, -0.2) is 9.59 Å². The maximum Gasteiger partial charge on any atom is 0.371 e. The van der Waals surface area contributed by atoms with Gasteiger partial charge in [-0.15, -0.1) is 11.3 Å². The van der Waals surface area contributed by atoms with E-state index in [2.05, 4.69) is 4.98 Å². The van der Waals surface area contributed by atoms with E-state index in [1.54, 1.807) is 0 Å². The van der Waals surface area contributed by atoms with Crippen LogP contribution in [-0.2, 0) is 19.4 Å². The molecule has 0 radical (unpaired) electrons. The number of nitrogens with zero attached hydrogens (tertiary/aromatic N) is 1. The topological polar surface area (TPSA) is 105 Å². The second kappa shape index (κ2) is 4.95. The van der Waals surface area contributed by atoms with Crippen LogP contribution in [0.3, 0.4) is 0 Å². The molecule has 4 rings (SSSR count). The van der Waals surface area contributed by atoms with E-state index in [9.17, 15) is 14.4 Å². The number of aryl methyl sites for hydroxylation is 2. The quantitative estimate of drug-likeness (QED) is 0.757. The van der Waals surface area contributed by atoms with Crippen molar-refractivity contribution >= 4 is 27.5 Å². The summed E-state index contributed by atoms with van der Waals surface area (Å²) in [6.07, 6.45) is 2.81. The van der Waals surface area contributed by atoms with Crippen molar-refractivity contribution in [2.75, 3.05) is 0 Å². The molecule has 0 amide bonds. The molecule has 0 aliphatic heterocycles. The van der Waals surface area contributed by atoms with E-state index in [0.29, 0.717) is 10.2 Å². The molecule has 1 aliphatic rings. The summed E-state index contributed by atoms with van der Waals surface area (Å²) in [5.41, 5.74) is 0.165. The maximum atomic E-state index is 12.7. The number of aromatic carboxylic acids is 1. The Morgan fingerprint density at radius 3 is 2.91 bits per heavy atom. The summed E-state index contributed by atoms with van der Waals surface area (Å²) in [5.74, 6) is -1.16. The lowest BCUT2D eigenvalue weighted by Gasteiger charge is -2.03. The molecular formula is C15H12N2O5S. The van der Waals surface area contributed by atoms with E-state index in [-0.39, 0.29) is 23.6 Å². The summed E-state index contributed by atoms with van der Waals surface area (Å²) in [6, 6.07) is 2.76. The second-order valence-electron chi connectivity index (χ2n) is 5.45. The molecule has 0 unspecified atom stereocenters. The predicted octanol–water partition coefficient (Wildman–Crippen LogP) is 1.58. The highest BCUT2D eigenvalue weighted by Gasteiger charge is 2.22. The average molecular weight is 332 g/mol. The van der Waals surface area contributed by atoms with Crippen LogP contribution in [0.4, 0.5) is 0 Å². The third-order valence-corrected chi connectivity index (χ3v) is 5.24. The molecule has 3 heterocycles. The van der Waals surface area contributed by atoms with Gasteiger partial charge in [-0.2, -0.15) is 0 Å². The summed E-state index contributed by atoms with van der Waals surface area (Å²) in [4.78, 5) is 40.3. The number of aromatic nitrogens is 2. The van der Waals surface area contributed by atoms with Crippen LogP contribution < -0.4 is 11.2 Å². The lowest BCUT2D eigenvalue weighted by Crippen LogP contribution is -2.35. The smallest absolute Gasteiger partial charge is 0.371 e. The number of carbonyl (C=O) groups is 1. The Morgan fingerprint density at radius 2 is 2.17 bits per heavy atom. The molecule has 0 saturated heterocycles. The summed E-state index contributed by atoms with van der Waals surface area (Å²) in [6.45, 7) is -0.0952. The van der Waals surface area contributed by atoms with E-state index in [1.807, 2.05) is 0 Å². The highest BCUT2D eigenvalue weighted by molar-refractivity contribution is 7.18. The van der Waals surface area contributed by atoms with Crippen LogP contribution in [0.2, 0.25) is 0 Å². The Morgan fingerprint density at radius 1 is 1.35 bits per heavy atom. The van der Waals surface area contributed by atoms with E-state index >= 15 is 0 Å². The van der Waals surface area contributed by atoms with Crippen molar-refractivity contribution in [1.82, 2.24) is 9.55 Å². The van der Waals surface area contributed by atoms with Gasteiger partial charge in [-0.3, -0.25) is 14.3 Å². The first-order valence-electron chi connectivity index (χ1n) is 7.14. The fourth-order valence-corrected chi connectivity index (χ4v) is 4.26. The minimum absolute atomic E-state index is 0.0952. The van der Waals surface area contributed by atoms with Crippen molar-refractivity contribution in [3.05, 3.63) is 54.9 Å². The van der Waals surface area contributed by atoms with Crippen LogP contribution in [0.25, 0.3) is 10.2 Å². The van der Waals surface area contributed by atoms with Gasteiger partial charge in [0, 0.05) is 4.88 Å². The van der Waals surface area contributed by atoms with Crippen molar-refractivity contribution in [3.63, 3.8) is 0 Å². The summed E-state index contributed by atoms with van der Waals surface area (Å²) >= 11 is 1.47. The number of nitrogens with one attached hydrogen (secondary N) is 1. The Labute approximate surface area is 132 Å². The van der Waals surface area contributed by atoms with Crippen LogP contribution >= 0.6 is 11.3 Å². The lowest BCUT2D eigenvalue weighted by molar-refractivity contribution is 0.0660. The van der Waals surface area contributed by atoms with Crippen LogP contribution in [0.5, 0.6) is 0 Å². The van der Waals surface area contributed by atoms with Crippen molar-refractivity contribution in [2.24, 2.45) is 0 Å². The summed E-state index contributed by atoms with van der Waals surface area (Å²) < 4.78 is 6.19. The molecular weight excluding hydrogens is 320 g/mol.